The molecule has 0 radical (unpaired) electrons. The van der Waals surface area contributed by atoms with Crippen LogP contribution in [0.3, 0.4) is 0 Å². The van der Waals surface area contributed by atoms with Crippen molar-refractivity contribution in [3.8, 4) is 0 Å². The third kappa shape index (κ3) is 4.11. The SMILES string of the molecule is CN(C(=O)OC(C)(C)C)[C@@H](C(N)=NO)c1cccnc1. The summed E-state index contributed by atoms with van der Waals surface area (Å²) in [5.74, 6) is -0.119. The predicted octanol–water partition coefficient (Wildman–Crippen LogP) is 1.74. The second kappa shape index (κ2) is 6.23. The van der Waals surface area contributed by atoms with E-state index in [1.165, 1.54) is 11.9 Å². The smallest absolute Gasteiger partial charge is 0.410 e. The van der Waals surface area contributed by atoms with Gasteiger partial charge in [0.25, 0.3) is 0 Å². The minimum atomic E-state index is -0.747. The number of rotatable bonds is 3. The van der Waals surface area contributed by atoms with Gasteiger partial charge >= 0.3 is 6.09 Å². The van der Waals surface area contributed by atoms with Crippen LogP contribution in [0.25, 0.3) is 0 Å². The lowest BCUT2D eigenvalue weighted by Crippen LogP contribution is -2.42. The molecular weight excluding hydrogens is 260 g/mol. The molecule has 1 aromatic heterocycles. The third-order valence-electron chi connectivity index (χ3n) is 2.46. The van der Waals surface area contributed by atoms with Gasteiger partial charge in [0.1, 0.15) is 11.6 Å². The molecule has 7 nitrogen and oxygen atoms in total. The summed E-state index contributed by atoms with van der Waals surface area (Å²) in [5.41, 5.74) is 5.67. The van der Waals surface area contributed by atoms with E-state index >= 15 is 0 Å². The molecule has 20 heavy (non-hydrogen) atoms. The summed E-state index contributed by atoms with van der Waals surface area (Å²) < 4.78 is 5.27. The number of amidine groups is 1. The number of hydrogen-bond donors (Lipinski definition) is 2. The maximum Gasteiger partial charge on any atom is 0.410 e. The molecule has 0 spiro atoms. The van der Waals surface area contributed by atoms with Gasteiger partial charge in [-0.3, -0.25) is 9.88 Å². The first-order valence-corrected chi connectivity index (χ1v) is 6.09. The molecule has 1 atom stereocenters. The number of ether oxygens (including phenoxy) is 1. The Morgan fingerprint density at radius 3 is 2.65 bits per heavy atom. The zero-order valence-corrected chi connectivity index (χ0v) is 12.1. The summed E-state index contributed by atoms with van der Waals surface area (Å²) in [7, 11) is 1.52. The number of carbonyl (C=O) groups is 1. The Morgan fingerprint density at radius 2 is 2.20 bits per heavy atom. The molecule has 0 aliphatic rings. The standard InChI is InChI=1S/C13H20N4O3/c1-13(2,3)20-12(18)17(4)10(11(14)16-19)9-6-5-7-15-8-9/h5-8,10,19H,1-4H3,(H2,14,16)/t10-/m1/s1. The van der Waals surface area contributed by atoms with E-state index in [1.54, 1.807) is 45.3 Å². The summed E-state index contributed by atoms with van der Waals surface area (Å²) in [6.45, 7) is 5.30. The van der Waals surface area contributed by atoms with Crippen molar-refractivity contribution in [3.63, 3.8) is 0 Å². The van der Waals surface area contributed by atoms with Gasteiger partial charge in [0.15, 0.2) is 5.84 Å². The molecule has 7 heteroatoms. The van der Waals surface area contributed by atoms with Gasteiger partial charge in [0, 0.05) is 25.0 Å². The molecule has 1 rings (SSSR count). The number of oxime groups is 1. The van der Waals surface area contributed by atoms with Crippen LogP contribution >= 0.6 is 0 Å². The largest absolute Gasteiger partial charge is 0.444 e. The molecular formula is C13H20N4O3. The first kappa shape index (κ1) is 15.7. The number of likely N-dealkylation sites (N-methyl/N-ethyl adjacent to an activating group) is 1. The first-order valence-electron chi connectivity index (χ1n) is 6.09. The molecule has 1 heterocycles. The van der Waals surface area contributed by atoms with Crippen LogP contribution in [0.2, 0.25) is 0 Å². The molecule has 110 valence electrons. The second-order valence-electron chi connectivity index (χ2n) is 5.31. The Labute approximate surface area is 118 Å². The van der Waals surface area contributed by atoms with E-state index in [0.717, 1.165) is 0 Å². The Hall–Kier alpha value is -2.31. The molecule has 0 aliphatic heterocycles. The molecule has 0 saturated heterocycles. The van der Waals surface area contributed by atoms with Crippen LogP contribution in [0.15, 0.2) is 29.7 Å². The van der Waals surface area contributed by atoms with E-state index in [9.17, 15) is 4.79 Å². The lowest BCUT2D eigenvalue weighted by Gasteiger charge is -2.30. The second-order valence-corrected chi connectivity index (χ2v) is 5.31. The quantitative estimate of drug-likeness (QED) is 0.380. The van der Waals surface area contributed by atoms with Crippen LogP contribution in [-0.2, 0) is 4.74 Å². The van der Waals surface area contributed by atoms with E-state index in [1.807, 2.05) is 0 Å². The average Bonchev–Trinajstić information content (AvgIpc) is 2.37. The summed E-state index contributed by atoms with van der Waals surface area (Å²) in [6, 6.07) is 2.69. The number of nitrogens with zero attached hydrogens (tertiary/aromatic N) is 3. The van der Waals surface area contributed by atoms with Crippen molar-refractivity contribution in [1.82, 2.24) is 9.88 Å². The molecule has 1 amide bonds. The molecule has 0 aliphatic carbocycles. The van der Waals surface area contributed by atoms with Crippen LogP contribution in [0.5, 0.6) is 0 Å². The van der Waals surface area contributed by atoms with Gasteiger partial charge in [0.05, 0.1) is 0 Å². The number of carbonyl (C=O) groups excluding carboxylic acids is 1. The zero-order chi connectivity index (χ0) is 15.3. The topological polar surface area (TPSA) is 101 Å². The van der Waals surface area contributed by atoms with Crippen molar-refractivity contribution in [2.45, 2.75) is 32.4 Å². The molecule has 1 aromatic rings. The van der Waals surface area contributed by atoms with Crippen LogP contribution in [0, 0.1) is 0 Å². The average molecular weight is 280 g/mol. The van der Waals surface area contributed by atoms with E-state index < -0.39 is 17.7 Å². The monoisotopic (exact) mass is 280 g/mol. The van der Waals surface area contributed by atoms with E-state index in [4.69, 9.17) is 15.7 Å². The Bertz CT molecular complexity index is 482. The fraction of sp³-hybridized carbons (Fsp3) is 0.462. The minimum Gasteiger partial charge on any atom is -0.444 e. The molecule has 0 unspecified atom stereocenters. The highest BCUT2D eigenvalue weighted by molar-refractivity contribution is 5.89. The van der Waals surface area contributed by atoms with Gasteiger partial charge in [-0.15, -0.1) is 0 Å². The predicted molar refractivity (Wildman–Crippen MR) is 74.4 cm³/mol. The molecule has 3 N–H and O–H groups in total. The number of hydrogen-bond acceptors (Lipinski definition) is 5. The van der Waals surface area contributed by atoms with Crippen LogP contribution in [-0.4, -0.2) is 39.7 Å². The van der Waals surface area contributed by atoms with Crippen molar-refractivity contribution in [3.05, 3.63) is 30.1 Å². The highest BCUT2D eigenvalue weighted by atomic mass is 16.6. The first-order chi connectivity index (χ1) is 9.26. The summed E-state index contributed by atoms with van der Waals surface area (Å²) >= 11 is 0. The van der Waals surface area contributed by atoms with E-state index in [2.05, 4.69) is 10.1 Å². The summed E-state index contributed by atoms with van der Waals surface area (Å²) in [6.07, 6.45) is 2.57. The minimum absolute atomic E-state index is 0.119. The summed E-state index contributed by atoms with van der Waals surface area (Å²) in [5, 5.41) is 11.9. The zero-order valence-electron chi connectivity index (χ0n) is 12.1. The van der Waals surface area contributed by atoms with Crippen LogP contribution in [0.1, 0.15) is 32.4 Å². The Morgan fingerprint density at radius 1 is 1.55 bits per heavy atom. The van der Waals surface area contributed by atoms with Gasteiger partial charge in [-0.1, -0.05) is 11.2 Å². The van der Waals surface area contributed by atoms with Gasteiger partial charge < -0.3 is 15.7 Å². The molecule has 0 fully saturated rings. The van der Waals surface area contributed by atoms with Crippen LogP contribution in [0.4, 0.5) is 4.79 Å². The normalized spacial score (nSPS) is 13.7. The lowest BCUT2D eigenvalue weighted by atomic mass is 10.1. The number of pyridine rings is 1. The van der Waals surface area contributed by atoms with Gasteiger partial charge in [0.2, 0.25) is 0 Å². The fourth-order valence-corrected chi connectivity index (χ4v) is 1.62. The maximum absolute atomic E-state index is 12.1. The summed E-state index contributed by atoms with van der Waals surface area (Å²) in [4.78, 5) is 17.3. The maximum atomic E-state index is 12.1. The number of amides is 1. The molecule has 0 bridgehead atoms. The molecule has 0 saturated carbocycles. The van der Waals surface area contributed by atoms with Gasteiger partial charge in [-0.05, 0) is 26.8 Å². The van der Waals surface area contributed by atoms with Gasteiger partial charge in [-0.25, -0.2) is 4.79 Å². The van der Waals surface area contributed by atoms with Gasteiger partial charge in [-0.2, -0.15) is 0 Å². The highest BCUT2D eigenvalue weighted by Crippen LogP contribution is 2.21. The van der Waals surface area contributed by atoms with E-state index in [-0.39, 0.29) is 5.84 Å². The third-order valence-corrected chi connectivity index (χ3v) is 2.46. The number of aromatic nitrogens is 1. The Balaban J connectivity index is 3.04. The van der Waals surface area contributed by atoms with Crippen molar-refractivity contribution in [2.24, 2.45) is 10.9 Å². The lowest BCUT2D eigenvalue weighted by molar-refractivity contribution is 0.0263. The van der Waals surface area contributed by atoms with Crippen molar-refractivity contribution in [2.75, 3.05) is 7.05 Å². The number of nitrogens with two attached hydrogens (primary N) is 1. The molecule has 0 aromatic carbocycles. The van der Waals surface area contributed by atoms with E-state index in [0.29, 0.717) is 5.56 Å². The highest BCUT2D eigenvalue weighted by Gasteiger charge is 2.29. The van der Waals surface area contributed by atoms with Crippen molar-refractivity contribution in [1.29, 1.82) is 0 Å². The van der Waals surface area contributed by atoms with Crippen LogP contribution < -0.4 is 5.73 Å². The van der Waals surface area contributed by atoms with Crippen molar-refractivity contribution < 1.29 is 14.7 Å². The Kier molecular flexibility index (Phi) is 4.90. The fourth-order valence-electron chi connectivity index (χ4n) is 1.62. The van der Waals surface area contributed by atoms with Crippen molar-refractivity contribution >= 4 is 11.9 Å².